The number of hydrogen-bond acceptors (Lipinski definition) is 3. The predicted octanol–water partition coefficient (Wildman–Crippen LogP) is 3.55. The Morgan fingerprint density at radius 1 is 1.28 bits per heavy atom. The molecule has 0 aromatic heterocycles. The number of phenols is 1. The lowest BCUT2D eigenvalue weighted by Crippen LogP contribution is -2.34. The Labute approximate surface area is 155 Å². The van der Waals surface area contributed by atoms with Gasteiger partial charge in [-0.2, -0.15) is 0 Å². The van der Waals surface area contributed by atoms with E-state index < -0.39 is 6.10 Å². The smallest absolute Gasteiger partial charge is 0.216 e. The molecule has 0 spiro atoms. The van der Waals surface area contributed by atoms with E-state index in [1.807, 2.05) is 36.4 Å². The van der Waals surface area contributed by atoms with Gasteiger partial charge in [-0.15, -0.1) is 0 Å². The Kier molecular flexibility index (Phi) is 5.25. The third kappa shape index (κ3) is 3.78. The van der Waals surface area contributed by atoms with E-state index >= 15 is 0 Å². The monoisotopic (exact) mass is 401 g/mol. The maximum atomic E-state index is 11.5. The minimum Gasteiger partial charge on any atom is -0.508 e. The van der Waals surface area contributed by atoms with Crippen LogP contribution in [0.5, 0.6) is 5.75 Å². The number of benzene rings is 2. The summed E-state index contributed by atoms with van der Waals surface area (Å²) in [6.07, 6.45) is 2.97. The van der Waals surface area contributed by atoms with Crippen molar-refractivity contribution >= 4 is 27.9 Å². The molecule has 1 aliphatic carbocycles. The molecule has 0 saturated heterocycles. The molecule has 130 valence electrons. The SMILES string of the molecule is CC(=O)NCC(c1cc(Br)ccc1O)C1c2ccccc2C=CC1O. The molecule has 2 aromatic carbocycles. The van der Waals surface area contributed by atoms with Crippen molar-refractivity contribution < 1.29 is 15.0 Å². The van der Waals surface area contributed by atoms with Crippen molar-refractivity contribution in [2.45, 2.75) is 24.9 Å². The lowest BCUT2D eigenvalue weighted by molar-refractivity contribution is -0.119. The van der Waals surface area contributed by atoms with Gasteiger partial charge in [0.05, 0.1) is 6.10 Å². The summed E-state index contributed by atoms with van der Waals surface area (Å²) in [5, 5.41) is 23.9. The first-order valence-electron chi connectivity index (χ1n) is 8.15. The second-order valence-electron chi connectivity index (χ2n) is 6.25. The molecule has 25 heavy (non-hydrogen) atoms. The van der Waals surface area contributed by atoms with Crippen LogP contribution < -0.4 is 5.32 Å². The van der Waals surface area contributed by atoms with Crippen molar-refractivity contribution in [1.82, 2.24) is 5.32 Å². The zero-order valence-electron chi connectivity index (χ0n) is 13.8. The molecule has 4 nitrogen and oxygen atoms in total. The number of amides is 1. The summed E-state index contributed by atoms with van der Waals surface area (Å²) in [4.78, 5) is 11.5. The van der Waals surface area contributed by atoms with Gasteiger partial charge in [0.2, 0.25) is 5.91 Å². The lowest BCUT2D eigenvalue weighted by Gasteiger charge is -2.34. The van der Waals surface area contributed by atoms with Crippen molar-refractivity contribution in [2.24, 2.45) is 0 Å². The third-order valence-electron chi connectivity index (χ3n) is 4.59. The predicted molar refractivity (Wildman–Crippen MR) is 101 cm³/mol. The number of carbonyl (C=O) groups excluding carboxylic acids is 1. The van der Waals surface area contributed by atoms with Gasteiger partial charge in [0.15, 0.2) is 0 Å². The molecule has 0 heterocycles. The van der Waals surface area contributed by atoms with Gasteiger partial charge in [-0.25, -0.2) is 0 Å². The third-order valence-corrected chi connectivity index (χ3v) is 5.08. The van der Waals surface area contributed by atoms with Gasteiger partial charge in [0.1, 0.15) is 5.75 Å². The molecule has 0 aliphatic heterocycles. The highest BCUT2D eigenvalue weighted by Crippen LogP contribution is 2.43. The number of nitrogens with one attached hydrogen (secondary N) is 1. The van der Waals surface area contributed by atoms with Crippen molar-refractivity contribution in [3.63, 3.8) is 0 Å². The first kappa shape index (κ1) is 17.7. The Balaban J connectivity index is 2.09. The molecule has 3 atom stereocenters. The summed E-state index contributed by atoms with van der Waals surface area (Å²) in [7, 11) is 0. The maximum absolute atomic E-state index is 11.5. The number of rotatable bonds is 4. The molecular weight excluding hydrogens is 382 g/mol. The minimum absolute atomic E-state index is 0.145. The number of phenolic OH excluding ortho intramolecular Hbond substituents is 1. The molecule has 5 heteroatoms. The quantitative estimate of drug-likeness (QED) is 0.733. The Bertz CT molecular complexity index is 818. The second kappa shape index (κ2) is 7.42. The van der Waals surface area contributed by atoms with Crippen molar-refractivity contribution in [1.29, 1.82) is 0 Å². The van der Waals surface area contributed by atoms with Crippen molar-refractivity contribution in [3.05, 3.63) is 69.7 Å². The summed E-state index contributed by atoms with van der Waals surface area (Å²) in [6, 6.07) is 13.1. The second-order valence-corrected chi connectivity index (χ2v) is 7.17. The number of halogens is 1. The van der Waals surface area contributed by atoms with E-state index in [1.165, 1.54) is 6.92 Å². The van der Waals surface area contributed by atoms with Crippen molar-refractivity contribution in [2.75, 3.05) is 6.54 Å². The average molecular weight is 402 g/mol. The molecule has 3 N–H and O–H groups in total. The minimum atomic E-state index is -0.702. The van der Waals surface area contributed by atoms with Crippen LogP contribution in [0, 0.1) is 0 Å². The van der Waals surface area contributed by atoms with Crippen LogP contribution in [0.4, 0.5) is 0 Å². The summed E-state index contributed by atoms with van der Waals surface area (Å²) >= 11 is 3.44. The van der Waals surface area contributed by atoms with Crippen LogP contribution in [0.1, 0.15) is 35.4 Å². The molecule has 0 bridgehead atoms. The lowest BCUT2D eigenvalue weighted by atomic mass is 9.74. The first-order valence-corrected chi connectivity index (χ1v) is 8.94. The van der Waals surface area contributed by atoms with E-state index in [4.69, 9.17) is 0 Å². The van der Waals surface area contributed by atoms with E-state index in [2.05, 4.69) is 21.2 Å². The van der Waals surface area contributed by atoms with E-state index in [-0.39, 0.29) is 23.5 Å². The highest BCUT2D eigenvalue weighted by Gasteiger charge is 2.34. The van der Waals surface area contributed by atoms with Gasteiger partial charge in [0, 0.05) is 35.3 Å². The van der Waals surface area contributed by atoms with Crippen molar-refractivity contribution in [3.8, 4) is 5.75 Å². The highest BCUT2D eigenvalue weighted by atomic mass is 79.9. The van der Waals surface area contributed by atoms with Gasteiger partial charge in [-0.1, -0.05) is 52.3 Å². The van der Waals surface area contributed by atoms with E-state index in [0.29, 0.717) is 12.1 Å². The Morgan fingerprint density at radius 3 is 2.80 bits per heavy atom. The van der Waals surface area contributed by atoms with Gasteiger partial charge in [-0.05, 0) is 29.3 Å². The van der Waals surface area contributed by atoms with Crippen LogP contribution in [0.2, 0.25) is 0 Å². The molecular formula is C20H20BrNO3. The molecule has 3 unspecified atom stereocenters. The molecule has 0 radical (unpaired) electrons. The molecule has 0 saturated carbocycles. The number of aliphatic hydroxyl groups excluding tert-OH is 1. The Morgan fingerprint density at radius 2 is 2.04 bits per heavy atom. The van der Waals surface area contributed by atoms with E-state index in [0.717, 1.165) is 15.6 Å². The van der Waals surface area contributed by atoms with Crippen LogP contribution in [-0.2, 0) is 4.79 Å². The fourth-order valence-electron chi connectivity index (χ4n) is 3.43. The summed E-state index contributed by atoms with van der Waals surface area (Å²) < 4.78 is 0.835. The zero-order chi connectivity index (χ0) is 18.0. The largest absolute Gasteiger partial charge is 0.508 e. The van der Waals surface area contributed by atoms with Crippen LogP contribution in [0.25, 0.3) is 6.08 Å². The normalized spacial score (nSPS) is 20.0. The van der Waals surface area contributed by atoms with Gasteiger partial charge in [0.25, 0.3) is 0 Å². The molecule has 1 aliphatic rings. The molecule has 0 fully saturated rings. The van der Waals surface area contributed by atoms with Crippen LogP contribution in [0.3, 0.4) is 0 Å². The van der Waals surface area contributed by atoms with Crippen LogP contribution in [-0.4, -0.2) is 28.8 Å². The molecule has 3 rings (SSSR count). The van der Waals surface area contributed by atoms with Crippen LogP contribution >= 0.6 is 15.9 Å². The van der Waals surface area contributed by atoms with E-state index in [1.54, 1.807) is 18.2 Å². The fraction of sp³-hybridized carbons (Fsp3) is 0.250. The highest BCUT2D eigenvalue weighted by molar-refractivity contribution is 9.10. The zero-order valence-corrected chi connectivity index (χ0v) is 15.4. The summed E-state index contributed by atoms with van der Waals surface area (Å²) in [5.74, 6) is -0.540. The number of fused-ring (bicyclic) bond motifs is 1. The number of aromatic hydroxyl groups is 1. The maximum Gasteiger partial charge on any atom is 0.216 e. The van der Waals surface area contributed by atoms with E-state index in [9.17, 15) is 15.0 Å². The Hall–Kier alpha value is -2.11. The number of hydrogen-bond donors (Lipinski definition) is 3. The van der Waals surface area contributed by atoms with Crippen LogP contribution in [0.15, 0.2) is 53.0 Å². The fourth-order valence-corrected chi connectivity index (χ4v) is 3.81. The first-order chi connectivity index (χ1) is 12.0. The molecule has 1 amide bonds. The summed E-state index contributed by atoms with van der Waals surface area (Å²) in [5.41, 5.74) is 2.74. The van der Waals surface area contributed by atoms with Gasteiger partial charge >= 0.3 is 0 Å². The molecule has 2 aromatic rings. The average Bonchev–Trinajstić information content (AvgIpc) is 2.59. The summed E-state index contributed by atoms with van der Waals surface area (Å²) in [6.45, 7) is 1.78. The van der Waals surface area contributed by atoms with Gasteiger partial charge < -0.3 is 15.5 Å². The number of aliphatic hydroxyl groups is 1. The van der Waals surface area contributed by atoms with Gasteiger partial charge in [-0.3, -0.25) is 4.79 Å². The number of carbonyl (C=O) groups is 1. The topological polar surface area (TPSA) is 69.6 Å². The standard InChI is InChI=1S/C20H20BrNO3/c1-12(23)22-11-17(16-10-14(21)7-9-18(16)24)20-15-5-3-2-4-13(15)6-8-19(20)25/h2-10,17,19-20,24-25H,11H2,1H3,(H,22,23).